The Morgan fingerprint density at radius 3 is 2.37 bits per heavy atom. The maximum Gasteiger partial charge on any atom is 0.337 e. The zero-order valence-corrected chi connectivity index (χ0v) is 17.9. The summed E-state index contributed by atoms with van der Waals surface area (Å²) in [5.41, 5.74) is 2.31. The van der Waals surface area contributed by atoms with Gasteiger partial charge in [-0.25, -0.2) is 17.5 Å². The van der Waals surface area contributed by atoms with Crippen LogP contribution in [0.5, 0.6) is 5.75 Å². The molecule has 1 heterocycles. The molecule has 0 bridgehead atoms. The number of ether oxygens (including phenoxy) is 2. The van der Waals surface area contributed by atoms with E-state index < -0.39 is 16.9 Å². The average Bonchev–Trinajstić information content (AvgIpc) is 3.22. The Labute approximate surface area is 176 Å². The number of hydrogen-bond donors (Lipinski definition) is 1. The Kier molecular flexibility index (Phi) is 6.41. The average molecular weight is 430 g/mol. The van der Waals surface area contributed by atoms with E-state index in [0.29, 0.717) is 5.92 Å². The standard InChI is InChI=1S/C21H22N2O6S/c1-13(2)14-5-7-15(8-6-14)20-22-19(12-29-20)23(30(25)26)17-10-9-16(21(24)28-4)11-18(17)27-3/h5-13,30H,1-4H3. The van der Waals surface area contributed by atoms with Crippen molar-refractivity contribution in [3.8, 4) is 17.2 Å². The summed E-state index contributed by atoms with van der Waals surface area (Å²) in [5.74, 6) is 0.347. The first-order valence-corrected chi connectivity index (χ1v) is 10.3. The fraction of sp³-hybridized carbons (Fsp3) is 0.238. The van der Waals surface area contributed by atoms with Crippen LogP contribution in [0.2, 0.25) is 0 Å². The molecule has 0 amide bonds. The van der Waals surface area contributed by atoms with Gasteiger partial charge in [-0.2, -0.15) is 4.98 Å². The monoisotopic (exact) mass is 430 g/mol. The van der Waals surface area contributed by atoms with E-state index in [4.69, 9.17) is 9.15 Å². The van der Waals surface area contributed by atoms with E-state index in [1.807, 2.05) is 24.3 Å². The predicted octanol–water partition coefficient (Wildman–Crippen LogP) is 3.92. The molecule has 158 valence electrons. The lowest BCUT2D eigenvalue weighted by atomic mass is 10.0. The number of thiol groups is 1. The van der Waals surface area contributed by atoms with Gasteiger partial charge in [-0.15, -0.1) is 0 Å². The summed E-state index contributed by atoms with van der Waals surface area (Å²) in [6.45, 7) is 4.19. The molecule has 0 saturated carbocycles. The summed E-state index contributed by atoms with van der Waals surface area (Å²) in [6, 6.07) is 12.0. The molecule has 30 heavy (non-hydrogen) atoms. The van der Waals surface area contributed by atoms with E-state index >= 15 is 0 Å². The molecule has 0 aliphatic rings. The Hall–Kier alpha value is -3.33. The molecule has 3 rings (SSSR count). The number of benzene rings is 2. The molecule has 0 N–H and O–H groups in total. The van der Waals surface area contributed by atoms with Crippen LogP contribution in [0.25, 0.3) is 11.5 Å². The van der Waals surface area contributed by atoms with E-state index in [1.165, 1.54) is 44.2 Å². The lowest BCUT2D eigenvalue weighted by Gasteiger charge is -2.18. The van der Waals surface area contributed by atoms with Crippen LogP contribution in [-0.2, 0) is 15.6 Å². The molecule has 0 spiro atoms. The van der Waals surface area contributed by atoms with Gasteiger partial charge in [0.15, 0.2) is 5.82 Å². The van der Waals surface area contributed by atoms with Gasteiger partial charge in [-0.3, -0.25) is 0 Å². The highest BCUT2D eigenvalue weighted by atomic mass is 32.2. The van der Waals surface area contributed by atoms with Crippen molar-refractivity contribution in [1.82, 2.24) is 4.98 Å². The SMILES string of the molecule is COC(=O)c1ccc(N(c2coc(-c3ccc(C(C)C)cc3)n2)[SH](=O)=O)c(OC)c1. The summed E-state index contributed by atoms with van der Waals surface area (Å²) in [6.07, 6.45) is 1.25. The van der Waals surface area contributed by atoms with E-state index in [0.717, 1.165) is 9.87 Å². The van der Waals surface area contributed by atoms with Crippen LogP contribution in [0.15, 0.2) is 53.1 Å². The number of anilines is 2. The van der Waals surface area contributed by atoms with Crippen LogP contribution in [0.3, 0.4) is 0 Å². The summed E-state index contributed by atoms with van der Waals surface area (Å²) >= 11 is 0. The van der Waals surface area contributed by atoms with Gasteiger partial charge in [0.2, 0.25) is 16.8 Å². The first-order valence-electron chi connectivity index (χ1n) is 9.12. The third kappa shape index (κ3) is 4.30. The quantitative estimate of drug-likeness (QED) is 0.448. The maximum atomic E-state index is 12.0. The predicted molar refractivity (Wildman–Crippen MR) is 113 cm³/mol. The van der Waals surface area contributed by atoms with E-state index in [1.54, 1.807) is 0 Å². The Balaban J connectivity index is 1.99. The first-order chi connectivity index (χ1) is 14.3. The van der Waals surface area contributed by atoms with Crippen molar-refractivity contribution < 1.29 is 27.1 Å². The van der Waals surface area contributed by atoms with Crippen molar-refractivity contribution >= 4 is 28.4 Å². The highest BCUT2D eigenvalue weighted by molar-refractivity contribution is 7.74. The number of carbonyl (C=O) groups is 1. The number of esters is 1. The maximum absolute atomic E-state index is 12.0. The van der Waals surface area contributed by atoms with Gasteiger partial charge in [0, 0.05) is 5.56 Å². The minimum atomic E-state index is -3.12. The largest absolute Gasteiger partial charge is 0.495 e. The molecule has 0 radical (unpaired) electrons. The molecule has 0 atom stereocenters. The van der Waals surface area contributed by atoms with Gasteiger partial charge in [0.1, 0.15) is 17.7 Å². The molecule has 0 unspecified atom stereocenters. The minimum Gasteiger partial charge on any atom is -0.495 e. The second-order valence-corrected chi connectivity index (χ2v) is 7.59. The molecular weight excluding hydrogens is 408 g/mol. The highest BCUT2D eigenvalue weighted by Gasteiger charge is 2.22. The van der Waals surface area contributed by atoms with Crippen LogP contribution in [0.1, 0.15) is 35.7 Å². The number of hydrogen-bond acceptors (Lipinski definition) is 7. The molecular formula is C21H22N2O6S. The smallest absolute Gasteiger partial charge is 0.337 e. The zero-order chi connectivity index (χ0) is 21.8. The molecule has 9 heteroatoms. The van der Waals surface area contributed by atoms with Crippen molar-refractivity contribution in [1.29, 1.82) is 0 Å². The molecule has 2 aromatic carbocycles. The summed E-state index contributed by atoms with van der Waals surface area (Å²) in [4.78, 5) is 16.1. The summed E-state index contributed by atoms with van der Waals surface area (Å²) in [5, 5.41) is 0. The number of carbonyl (C=O) groups excluding carboxylic acids is 1. The van der Waals surface area contributed by atoms with E-state index in [-0.39, 0.29) is 28.7 Å². The molecule has 3 aromatic rings. The second kappa shape index (κ2) is 9.00. The zero-order valence-electron chi connectivity index (χ0n) is 17.0. The number of nitrogens with zero attached hydrogens (tertiary/aromatic N) is 2. The van der Waals surface area contributed by atoms with Crippen molar-refractivity contribution in [3.63, 3.8) is 0 Å². The van der Waals surface area contributed by atoms with Crippen LogP contribution in [0.4, 0.5) is 11.5 Å². The van der Waals surface area contributed by atoms with Crippen molar-refractivity contribution in [2.45, 2.75) is 19.8 Å². The minimum absolute atomic E-state index is 0.0677. The number of rotatable bonds is 7. The fourth-order valence-electron chi connectivity index (χ4n) is 2.90. The van der Waals surface area contributed by atoms with Crippen LogP contribution >= 0.6 is 0 Å². The Bertz CT molecular complexity index is 1110. The Morgan fingerprint density at radius 2 is 1.80 bits per heavy atom. The summed E-state index contributed by atoms with van der Waals surface area (Å²) < 4.78 is 40.5. The highest BCUT2D eigenvalue weighted by Crippen LogP contribution is 2.35. The third-order valence-corrected chi connectivity index (χ3v) is 5.27. The van der Waals surface area contributed by atoms with Crippen LogP contribution in [-0.4, -0.2) is 33.6 Å². The van der Waals surface area contributed by atoms with Crippen molar-refractivity contribution in [2.24, 2.45) is 0 Å². The van der Waals surface area contributed by atoms with Crippen molar-refractivity contribution in [2.75, 3.05) is 18.5 Å². The third-order valence-electron chi connectivity index (χ3n) is 4.53. The second-order valence-electron chi connectivity index (χ2n) is 6.72. The number of aromatic nitrogens is 1. The first kappa shape index (κ1) is 21.4. The molecule has 0 fully saturated rings. The van der Waals surface area contributed by atoms with Crippen LogP contribution in [0, 0.1) is 0 Å². The molecule has 0 aliphatic carbocycles. The molecule has 8 nitrogen and oxygen atoms in total. The van der Waals surface area contributed by atoms with Gasteiger partial charge < -0.3 is 13.9 Å². The lowest BCUT2D eigenvalue weighted by molar-refractivity contribution is 0.0600. The fourth-order valence-corrected chi connectivity index (χ4v) is 3.50. The normalized spacial score (nSPS) is 11.0. The summed E-state index contributed by atoms with van der Waals surface area (Å²) in [7, 11) is -0.488. The van der Waals surface area contributed by atoms with Gasteiger partial charge in [0.25, 0.3) is 0 Å². The lowest BCUT2D eigenvalue weighted by Crippen LogP contribution is -2.16. The van der Waals surface area contributed by atoms with Gasteiger partial charge in [-0.1, -0.05) is 26.0 Å². The number of oxazole rings is 1. The van der Waals surface area contributed by atoms with Gasteiger partial charge >= 0.3 is 5.97 Å². The van der Waals surface area contributed by atoms with E-state index in [2.05, 4.69) is 23.6 Å². The molecule has 0 saturated heterocycles. The Morgan fingerprint density at radius 1 is 1.10 bits per heavy atom. The molecule has 0 aliphatic heterocycles. The van der Waals surface area contributed by atoms with Gasteiger partial charge in [-0.05, 0) is 41.8 Å². The molecule has 1 aromatic heterocycles. The van der Waals surface area contributed by atoms with E-state index in [9.17, 15) is 13.2 Å². The van der Waals surface area contributed by atoms with Crippen LogP contribution < -0.4 is 9.04 Å². The van der Waals surface area contributed by atoms with Crippen molar-refractivity contribution in [3.05, 3.63) is 59.9 Å². The number of methoxy groups -OCH3 is 2. The van der Waals surface area contributed by atoms with Gasteiger partial charge in [0.05, 0.1) is 19.8 Å². The topological polar surface area (TPSA) is 98.9 Å².